The van der Waals surface area contributed by atoms with Gasteiger partial charge in [-0.1, -0.05) is 20.3 Å². The van der Waals surface area contributed by atoms with Crippen molar-refractivity contribution >= 4 is 11.7 Å². The topological polar surface area (TPSA) is 49.3 Å². The molecule has 1 unspecified atom stereocenters. The molecule has 0 amide bonds. The second-order valence-electron chi connectivity index (χ2n) is 4.16. The van der Waals surface area contributed by atoms with Gasteiger partial charge in [-0.15, -0.1) is 0 Å². The highest BCUT2D eigenvalue weighted by Crippen LogP contribution is 2.21. The number of hydrogen-bond donors (Lipinski definition) is 2. The molecule has 0 aliphatic carbocycles. The number of carboxylic acid groups (broad SMARTS) is 1. The Labute approximate surface area is 105 Å². The van der Waals surface area contributed by atoms with Crippen molar-refractivity contribution in [2.45, 2.75) is 39.2 Å². The summed E-state index contributed by atoms with van der Waals surface area (Å²) in [6, 6.07) is 1.66. The number of carbonyl (C=O) groups is 1. The van der Waals surface area contributed by atoms with Crippen molar-refractivity contribution in [1.82, 2.24) is 0 Å². The van der Waals surface area contributed by atoms with E-state index in [1.165, 1.54) is 0 Å². The molecule has 0 aliphatic rings. The minimum absolute atomic E-state index is 0.0362. The number of aromatic carboxylic acids is 1. The molecule has 2 N–H and O–H groups in total. The van der Waals surface area contributed by atoms with Gasteiger partial charge in [-0.25, -0.2) is 13.6 Å². The number of carboxylic acids is 1. The van der Waals surface area contributed by atoms with Gasteiger partial charge in [0.05, 0.1) is 11.3 Å². The summed E-state index contributed by atoms with van der Waals surface area (Å²) in [6.45, 7) is 3.96. The normalized spacial score (nSPS) is 12.2. The van der Waals surface area contributed by atoms with Crippen LogP contribution in [-0.4, -0.2) is 17.1 Å². The van der Waals surface area contributed by atoms with Crippen LogP contribution in [0.25, 0.3) is 0 Å². The van der Waals surface area contributed by atoms with Gasteiger partial charge in [-0.3, -0.25) is 0 Å². The highest BCUT2D eigenvalue weighted by atomic mass is 19.1. The SMILES string of the molecule is CCCC(CC)Nc1cc(C(=O)O)c(F)cc1F. The quantitative estimate of drug-likeness (QED) is 0.817. The minimum Gasteiger partial charge on any atom is -0.478 e. The van der Waals surface area contributed by atoms with Crippen LogP contribution in [0.15, 0.2) is 12.1 Å². The molecule has 1 aromatic rings. The molecule has 0 aromatic heterocycles. The summed E-state index contributed by atoms with van der Waals surface area (Å²) in [7, 11) is 0. The van der Waals surface area contributed by atoms with E-state index in [2.05, 4.69) is 5.32 Å². The molecule has 3 nitrogen and oxygen atoms in total. The van der Waals surface area contributed by atoms with Gasteiger partial charge in [0.15, 0.2) is 0 Å². The molecule has 0 bridgehead atoms. The molecule has 0 fully saturated rings. The van der Waals surface area contributed by atoms with Crippen LogP contribution in [0.5, 0.6) is 0 Å². The van der Waals surface area contributed by atoms with Crippen LogP contribution in [0.2, 0.25) is 0 Å². The first-order chi connectivity index (χ1) is 8.49. The molecule has 100 valence electrons. The standard InChI is InChI=1S/C13H17F2NO2/c1-3-5-8(4-2)16-12-6-9(13(17)18)10(14)7-11(12)15/h6-8,16H,3-5H2,1-2H3,(H,17,18). The van der Waals surface area contributed by atoms with Crippen LogP contribution in [-0.2, 0) is 0 Å². The molecule has 0 saturated heterocycles. The molecule has 0 heterocycles. The van der Waals surface area contributed by atoms with Crippen LogP contribution in [0.4, 0.5) is 14.5 Å². The summed E-state index contributed by atoms with van der Waals surface area (Å²) in [6.07, 6.45) is 2.56. The number of benzene rings is 1. The highest BCUT2D eigenvalue weighted by Gasteiger charge is 2.16. The third-order valence-corrected chi connectivity index (χ3v) is 2.78. The predicted molar refractivity (Wildman–Crippen MR) is 65.9 cm³/mol. The monoisotopic (exact) mass is 257 g/mol. The molecule has 1 aromatic carbocycles. The Kier molecular flexibility index (Phi) is 5.07. The van der Waals surface area contributed by atoms with Crippen molar-refractivity contribution in [2.24, 2.45) is 0 Å². The van der Waals surface area contributed by atoms with Crippen molar-refractivity contribution < 1.29 is 18.7 Å². The third-order valence-electron chi connectivity index (χ3n) is 2.78. The van der Waals surface area contributed by atoms with Gasteiger partial charge in [0.25, 0.3) is 0 Å². The van der Waals surface area contributed by atoms with E-state index in [4.69, 9.17) is 5.11 Å². The summed E-state index contributed by atoms with van der Waals surface area (Å²) in [5.74, 6) is -3.24. The lowest BCUT2D eigenvalue weighted by Gasteiger charge is -2.18. The zero-order valence-electron chi connectivity index (χ0n) is 10.5. The van der Waals surface area contributed by atoms with Crippen molar-refractivity contribution in [3.8, 4) is 0 Å². The van der Waals surface area contributed by atoms with Gasteiger partial charge in [0.1, 0.15) is 11.6 Å². The molecule has 5 heteroatoms. The van der Waals surface area contributed by atoms with Gasteiger partial charge in [0.2, 0.25) is 0 Å². The van der Waals surface area contributed by atoms with Crippen LogP contribution in [0, 0.1) is 11.6 Å². The Morgan fingerprint density at radius 1 is 1.33 bits per heavy atom. The largest absolute Gasteiger partial charge is 0.478 e. The summed E-state index contributed by atoms with van der Waals surface area (Å²) < 4.78 is 26.7. The molecule has 1 atom stereocenters. The summed E-state index contributed by atoms with van der Waals surface area (Å²) >= 11 is 0. The lowest BCUT2D eigenvalue weighted by Crippen LogP contribution is -2.19. The zero-order valence-corrected chi connectivity index (χ0v) is 10.5. The summed E-state index contributed by atoms with van der Waals surface area (Å²) in [5, 5.41) is 11.7. The van der Waals surface area contributed by atoms with Gasteiger partial charge in [0, 0.05) is 12.1 Å². The highest BCUT2D eigenvalue weighted by molar-refractivity contribution is 5.89. The molecular weight excluding hydrogens is 240 g/mol. The Hall–Kier alpha value is -1.65. The van der Waals surface area contributed by atoms with Crippen LogP contribution in [0.3, 0.4) is 0 Å². The first-order valence-electron chi connectivity index (χ1n) is 5.98. The van der Waals surface area contributed by atoms with E-state index < -0.39 is 23.2 Å². The first-order valence-corrected chi connectivity index (χ1v) is 5.98. The molecule has 18 heavy (non-hydrogen) atoms. The van der Waals surface area contributed by atoms with Crippen molar-refractivity contribution in [2.75, 3.05) is 5.32 Å². The average Bonchev–Trinajstić information content (AvgIpc) is 2.31. The smallest absolute Gasteiger partial charge is 0.338 e. The van der Waals surface area contributed by atoms with Crippen molar-refractivity contribution in [3.05, 3.63) is 29.3 Å². The summed E-state index contributed by atoms with van der Waals surface area (Å²) in [5.41, 5.74) is -0.487. The minimum atomic E-state index is -1.40. The fourth-order valence-corrected chi connectivity index (χ4v) is 1.77. The zero-order chi connectivity index (χ0) is 13.7. The predicted octanol–water partition coefficient (Wildman–Crippen LogP) is 3.65. The van der Waals surface area contributed by atoms with Crippen molar-refractivity contribution in [1.29, 1.82) is 0 Å². The fraction of sp³-hybridized carbons (Fsp3) is 0.462. The van der Waals surface area contributed by atoms with E-state index in [-0.39, 0.29) is 11.7 Å². The molecule has 0 saturated carbocycles. The van der Waals surface area contributed by atoms with E-state index >= 15 is 0 Å². The maximum Gasteiger partial charge on any atom is 0.338 e. The number of hydrogen-bond acceptors (Lipinski definition) is 2. The van der Waals surface area contributed by atoms with E-state index in [0.717, 1.165) is 25.3 Å². The number of rotatable bonds is 6. The Morgan fingerprint density at radius 3 is 2.50 bits per heavy atom. The molecule has 0 aliphatic heterocycles. The lowest BCUT2D eigenvalue weighted by molar-refractivity contribution is 0.0692. The number of halogens is 2. The average molecular weight is 257 g/mol. The van der Waals surface area contributed by atoms with Gasteiger partial charge in [-0.2, -0.15) is 0 Å². The molecule has 0 radical (unpaired) electrons. The van der Waals surface area contributed by atoms with E-state index in [0.29, 0.717) is 6.07 Å². The maximum atomic E-state index is 13.5. The fourth-order valence-electron chi connectivity index (χ4n) is 1.77. The van der Waals surface area contributed by atoms with Crippen LogP contribution in [0.1, 0.15) is 43.5 Å². The first kappa shape index (κ1) is 14.4. The number of nitrogens with one attached hydrogen (secondary N) is 1. The lowest BCUT2D eigenvalue weighted by atomic mass is 10.1. The van der Waals surface area contributed by atoms with E-state index in [1.807, 2.05) is 13.8 Å². The van der Waals surface area contributed by atoms with Crippen LogP contribution >= 0.6 is 0 Å². The Bertz CT molecular complexity index is 435. The number of anilines is 1. The van der Waals surface area contributed by atoms with E-state index in [9.17, 15) is 13.6 Å². The van der Waals surface area contributed by atoms with E-state index in [1.54, 1.807) is 0 Å². The van der Waals surface area contributed by atoms with Gasteiger partial charge in [-0.05, 0) is 18.9 Å². The maximum absolute atomic E-state index is 13.5. The Morgan fingerprint density at radius 2 is 2.00 bits per heavy atom. The second-order valence-corrected chi connectivity index (χ2v) is 4.16. The van der Waals surface area contributed by atoms with Crippen molar-refractivity contribution in [3.63, 3.8) is 0 Å². The third kappa shape index (κ3) is 3.42. The molecule has 1 rings (SSSR count). The van der Waals surface area contributed by atoms with Gasteiger partial charge >= 0.3 is 5.97 Å². The summed E-state index contributed by atoms with van der Waals surface area (Å²) in [4.78, 5) is 10.8. The van der Waals surface area contributed by atoms with Gasteiger partial charge < -0.3 is 10.4 Å². The molecule has 0 spiro atoms. The van der Waals surface area contributed by atoms with Crippen LogP contribution < -0.4 is 5.32 Å². The second kappa shape index (κ2) is 6.33. The Balaban J connectivity index is 3.01. The molecular formula is C13H17F2NO2.